The summed E-state index contributed by atoms with van der Waals surface area (Å²) in [7, 11) is 1.58. The van der Waals surface area contributed by atoms with Crippen LogP contribution in [0.5, 0.6) is 5.75 Å². The number of methoxy groups -OCH3 is 1. The highest BCUT2D eigenvalue weighted by atomic mass is 32.1. The zero-order valence-corrected chi connectivity index (χ0v) is 15.2. The van der Waals surface area contributed by atoms with Gasteiger partial charge in [0.15, 0.2) is 0 Å². The largest absolute Gasteiger partial charge is 0.496 e. The number of hydrogen-bond acceptors (Lipinski definition) is 6. The van der Waals surface area contributed by atoms with Crippen molar-refractivity contribution in [2.24, 2.45) is 0 Å². The molecule has 3 heterocycles. The van der Waals surface area contributed by atoms with Crippen molar-refractivity contribution in [1.29, 1.82) is 0 Å². The van der Waals surface area contributed by atoms with Crippen molar-refractivity contribution in [2.75, 3.05) is 20.2 Å². The number of aromatic nitrogens is 2. The third kappa shape index (κ3) is 3.22. The van der Waals surface area contributed by atoms with Gasteiger partial charge in [0, 0.05) is 13.1 Å². The first-order valence-corrected chi connectivity index (χ1v) is 9.44. The van der Waals surface area contributed by atoms with Gasteiger partial charge in [0.25, 0.3) is 11.8 Å². The number of amides is 1. The second-order valence-corrected chi connectivity index (χ2v) is 7.16. The summed E-state index contributed by atoms with van der Waals surface area (Å²) in [6, 6.07) is 11.2. The molecule has 1 saturated heterocycles. The number of carbonyl (C=O) groups is 1. The molecule has 2 aromatic heterocycles. The molecule has 4 rings (SSSR count). The van der Waals surface area contributed by atoms with Crippen molar-refractivity contribution in [3.63, 3.8) is 0 Å². The van der Waals surface area contributed by atoms with E-state index in [1.165, 1.54) is 0 Å². The van der Waals surface area contributed by atoms with Crippen molar-refractivity contribution in [1.82, 2.24) is 15.1 Å². The van der Waals surface area contributed by atoms with E-state index < -0.39 is 0 Å². The van der Waals surface area contributed by atoms with Gasteiger partial charge in [-0.25, -0.2) is 0 Å². The molecule has 1 aliphatic rings. The van der Waals surface area contributed by atoms with Crippen LogP contribution in [-0.4, -0.2) is 41.2 Å². The summed E-state index contributed by atoms with van der Waals surface area (Å²) in [5.41, 5.74) is 0.584. The van der Waals surface area contributed by atoms with Crippen molar-refractivity contribution in [3.8, 4) is 16.5 Å². The molecule has 1 aliphatic heterocycles. The number of rotatable bonds is 4. The van der Waals surface area contributed by atoms with Gasteiger partial charge < -0.3 is 14.1 Å². The Morgan fingerprint density at radius 3 is 2.96 bits per heavy atom. The van der Waals surface area contributed by atoms with Crippen LogP contribution in [0.25, 0.3) is 10.8 Å². The molecule has 1 unspecified atom stereocenters. The first kappa shape index (κ1) is 16.8. The third-order valence-electron chi connectivity index (χ3n) is 4.57. The van der Waals surface area contributed by atoms with E-state index in [4.69, 9.17) is 9.15 Å². The minimum atomic E-state index is -0.0230. The van der Waals surface area contributed by atoms with E-state index >= 15 is 0 Å². The molecule has 0 N–H and O–H groups in total. The van der Waals surface area contributed by atoms with Crippen LogP contribution >= 0.6 is 11.3 Å². The molecule has 1 fully saturated rings. The Balaban J connectivity index is 1.52. The predicted octanol–water partition coefficient (Wildman–Crippen LogP) is 3.83. The summed E-state index contributed by atoms with van der Waals surface area (Å²) in [6.45, 7) is 1.29. The Kier molecular flexibility index (Phi) is 4.71. The second kappa shape index (κ2) is 7.29. The zero-order chi connectivity index (χ0) is 17.9. The molecule has 7 heteroatoms. The first-order valence-electron chi connectivity index (χ1n) is 8.56. The Labute approximate surface area is 155 Å². The lowest BCUT2D eigenvalue weighted by molar-refractivity contribution is 0.0695. The molecule has 1 aromatic carbocycles. The molecule has 0 spiro atoms. The first-order chi connectivity index (χ1) is 12.8. The van der Waals surface area contributed by atoms with E-state index in [0.717, 1.165) is 24.3 Å². The number of likely N-dealkylation sites (tertiary alicyclic amines) is 1. The van der Waals surface area contributed by atoms with Crippen LogP contribution in [0.1, 0.15) is 35.0 Å². The summed E-state index contributed by atoms with van der Waals surface area (Å²) in [4.78, 5) is 15.7. The molecule has 0 saturated carbocycles. The number of nitrogens with zero attached hydrogens (tertiary/aromatic N) is 3. The van der Waals surface area contributed by atoms with Gasteiger partial charge in [0.2, 0.25) is 5.89 Å². The van der Waals surface area contributed by atoms with E-state index in [-0.39, 0.29) is 11.8 Å². The predicted molar refractivity (Wildman–Crippen MR) is 98.5 cm³/mol. The number of hydrogen-bond donors (Lipinski definition) is 0. The van der Waals surface area contributed by atoms with Gasteiger partial charge in [-0.15, -0.1) is 21.5 Å². The fourth-order valence-electron chi connectivity index (χ4n) is 3.25. The van der Waals surface area contributed by atoms with E-state index in [2.05, 4.69) is 10.2 Å². The van der Waals surface area contributed by atoms with Crippen molar-refractivity contribution < 1.29 is 13.9 Å². The molecule has 1 amide bonds. The molecule has 0 aliphatic carbocycles. The maximum atomic E-state index is 12.9. The van der Waals surface area contributed by atoms with Gasteiger partial charge in [-0.05, 0) is 36.4 Å². The number of carbonyl (C=O) groups excluding carboxylic acids is 1. The van der Waals surface area contributed by atoms with Crippen molar-refractivity contribution in [3.05, 3.63) is 53.2 Å². The van der Waals surface area contributed by atoms with E-state index in [1.54, 1.807) is 30.6 Å². The van der Waals surface area contributed by atoms with Gasteiger partial charge in [-0.1, -0.05) is 18.2 Å². The Hall–Kier alpha value is -2.67. The van der Waals surface area contributed by atoms with E-state index in [0.29, 0.717) is 29.6 Å². The van der Waals surface area contributed by atoms with Gasteiger partial charge >= 0.3 is 0 Å². The van der Waals surface area contributed by atoms with Gasteiger partial charge in [0.05, 0.1) is 23.5 Å². The Morgan fingerprint density at radius 2 is 2.15 bits per heavy atom. The molecule has 3 aromatic rings. The average molecular weight is 369 g/mol. The van der Waals surface area contributed by atoms with Crippen molar-refractivity contribution >= 4 is 17.2 Å². The molecular weight excluding hydrogens is 350 g/mol. The second-order valence-electron chi connectivity index (χ2n) is 6.21. The summed E-state index contributed by atoms with van der Waals surface area (Å²) in [5.74, 6) is 1.78. The standard InChI is InChI=1S/C19H19N3O3S/c1-24-15-8-3-2-7-14(15)19(23)22-10-4-6-13(12-22)17-20-21-18(25-17)16-9-5-11-26-16/h2-3,5,7-9,11,13H,4,6,10,12H2,1H3. The van der Waals surface area contributed by atoms with Crippen LogP contribution in [0.3, 0.4) is 0 Å². The van der Waals surface area contributed by atoms with Crippen molar-refractivity contribution in [2.45, 2.75) is 18.8 Å². The van der Waals surface area contributed by atoms with Crippen LogP contribution in [-0.2, 0) is 0 Å². The van der Waals surface area contributed by atoms with Gasteiger partial charge in [-0.3, -0.25) is 4.79 Å². The summed E-state index contributed by atoms with van der Waals surface area (Å²) in [6.07, 6.45) is 1.84. The zero-order valence-electron chi connectivity index (χ0n) is 14.4. The van der Waals surface area contributed by atoms with E-state index in [1.807, 2.05) is 34.5 Å². The van der Waals surface area contributed by atoms with Crippen LogP contribution < -0.4 is 4.74 Å². The molecule has 6 nitrogen and oxygen atoms in total. The van der Waals surface area contributed by atoms with Crippen LogP contribution in [0.2, 0.25) is 0 Å². The highest BCUT2D eigenvalue weighted by Gasteiger charge is 2.30. The number of ether oxygens (including phenoxy) is 1. The highest BCUT2D eigenvalue weighted by Crippen LogP contribution is 2.31. The fraction of sp³-hybridized carbons (Fsp3) is 0.316. The lowest BCUT2D eigenvalue weighted by atomic mass is 9.97. The maximum absolute atomic E-state index is 12.9. The number of benzene rings is 1. The summed E-state index contributed by atoms with van der Waals surface area (Å²) >= 11 is 1.57. The summed E-state index contributed by atoms with van der Waals surface area (Å²) < 4.78 is 11.2. The van der Waals surface area contributed by atoms with Gasteiger partial charge in [0.1, 0.15) is 5.75 Å². The average Bonchev–Trinajstić information content (AvgIpc) is 3.39. The SMILES string of the molecule is COc1ccccc1C(=O)N1CCCC(c2nnc(-c3cccs3)o2)C1. The lowest BCUT2D eigenvalue weighted by Crippen LogP contribution is -2.39. The Morgan fingerprint density at radius 1 is 1.27 bits per heavy atom. The molecular formula is C19H19N3O3S. The Bertz CT molecular complexity index is 891. The molecule has 0 bridgehead atoms. The van der Waals surface area contributed by atoms with Gasteiger partial charge in [-0.2, -0.15) is 0 Å². The lowest BCUT2D eigenvalue weighted by Gasteiger charge is -2.31. The molecule has 1 atom stereocenters. The minimum Gasteiger partial charge on any atom is -0.496 e. The summed E-state index contributed by atoms with van der Waals surface area (Å²) in [5, 5.41) is 10.4. The maximum Gasteiger partial charge on any atom is 0.257 e. The highest BCUT2D eigenvalue weighted by molar-refractivity contribution is 7.13. The quantitative estimate of drug-likeness (QED) is 0.699. The smallest absolute Gasteiger partial charge is 0.257 e. The van der Waals surface area contributed by atoms with Crippen LogP contribution in [0, 0.1) is 0 Å². The fourth-order valence-corrected chi connectivity index (χ4v) is 3.90. The van der Waals surface area contributed by atoms with Crippen LogP contribution in [0.4, 0.5) is 0 Å². The molecule has 26 heavy (non-hydrogen) atoms. The topological polar surface area (TPSA) is 68.5 Å². The monoisotopic (exact) mass is 369 g/mol. The van der Waals surface area contributed by atoms with E-state index in [9.17, 15) is 4.79 Å². The number of thiophene rings is 1. The molecule has 134 valence electrons. The normalized spacial score (nSPS) is 17.3. The molecule has 0 radical (unpaired) electrons. The number of para-hydroxylation sites is 1. The number of piperidine rings is 1. The minimum absolute atomic E-state index is 0.0230. The third-order valence-corrected chi connectivity index (χ3v) is 5.43. The van der Waals surface area contributed by atoms with Crippen LogP contribution in [0.15, 0.2) is 46.2 Å².